The smallest absolute Gasteiger partial charge is 0.339 e. The number of ether oxygens (including phenoxy) is 1. The van der Waals surface area contributed by atoms with Crippen LogP contribution in [0.3, 0.4) is 0 Å². The van der Waals surface area contributed by atoms with Crippen molar-refractivity contribution in [3.05, 3.63) is 46.7 Å². The van der Waals surface area contributed by atoms with Gasteiger partial charge < -0.3 is 15.2 Å². The summed E-state index contributed by atoms with van der Waals surface area (Å²) in [5.74, 6) is -0.473. The summed E-state index contributed by atoms with van der Waals surface area (Å²) < 4.78 is 6.34. The third-order valence-electron chi connectivity index (χ3n) is 2.88. The molecule has 21 heavy (non-hydrogen) atoms. The maximum Gasteiger partial charge on any atom is 0.339 e. The molecule has 0 aliphatic rings. The van der Waals surface area contributed by atoms with Crippen molar-refractivity contribution in [2.24, 2.45) is 0 Å². The second-order valence-electron chi connectivity index (χ2n) is 4.38. The number of carbonyl (C=O) groups is 1. The number of carbonyl (C=O) groups excluding carboxylic acids is 1. The van der Waals surface area contributed by atoms with Gasteiger partial charge in [-0.05, 0) is 18.2 Å². The Balaban J connectivity index is 2.04. The van der Waals surface area contributed by atoms with Crippen molar-refractivity contribution in [2.45, 2.75) is 13.1 Å². The van der Waals surface area contributed by atoms with E-state index in [0.29, 0.717) is 23.7 Å². The summed E-state index contributed by atoms with van der Waals surface area (Å²) in [4.78, 5) is 11.6. The van der Waals surface area contributed by atoms with Gasteiger partial charge in [-0.1, -0.05) is 11.6 Å². The van der Waals surface area contributed by atoms with Gasteiger partial charge in [-0.2, -0.15) is 5.10 Å². The minimum atomic E-state index is -0.473. The zero-order valence-electron chi connectivity index (χ0n) is 11.5. The second-order valence-corrected chi connectivity index (χ2v) is 4.78. The molecule has 0 fully saturated rings. The zero-order chi connectivity index (χ0) is 15.2. The van der Waals surface area contributed by atoms with Crippen molar-refractivity contribution < 1.29 is 14.6 Å². The Morgan fingerprint density at radius 2 is 2.33 bits per heavy atom. The van der Waals surface area contributed by atoms with E-state index >= 15 is 0 Å². The van der Waals surface area contributed by atoms with E-state index in [4.69, 9.17) is 16.7 Å². The highest BCUT2D eigenvalue weighted by molar-refractivity contribution is 6.33. The molecule has 1 aromatic heterocycles. The van der Waals surface area contributed by atoms with Gasteiger partial charge in [-0.3, -0.25) is 4.68 Å². The molecule has 0 aliphatic heterocycles. The fourth-order valence-corrected chi connectivity index (χ4v) is 2.02. The largest absolute Gasteiger partial charge is 0.465 e. The molecule has 0 atom stereocenters. The van der Waals surface area contributed by atoms with Crippen LogP contribution in [0.1, 0.15) is 15.9 Å². The molecule has 0 radical (unpaired) electrons. The van der Waals surface area contributed by atoms with E-state index in [0.717, 1.165) is 11.3 Å². The molecular formula is C14H16ClN3O3. The van der Waals surface area contributed by atoms with Gasteiger partial charge >= 0.3 is 5.97 Å². The number of anilines is 1. The minimum Gasteiger partial charge on any atom is -0.465 e. The number of aliphatic hydroxyl groups excluding tert-OH is 1. The van der Waals surface area contributed by atoms with Crippen molar-refractivity contribution in [1.82, 2.24) is 9.78 Å². The van der Waals surface area contributed by atoms with Crippen LogP contribution in [0.25, 0.3) is 0 Å². The maximum absolute atomic E-state index is 11.6. The topological polar surface area (TPSA) is 76.4 Å². The zero-order valence-corrected chi connectivity index (χ0v) is 12.3. The Bertz CT molecular complexity index is 628. The Morgan fingerprint density at radius 3 is 3.05 bits per heavy atom. The monoisotopic (exact) mass is 309 g/mol. The lowest BCUT2D eigenvalue weighted by Crippen LogP contribution is -2.05. The summed E-state index contributed by atoms with van der Waals surface area (Å²) in [6.07, 6.45) is 3.57. The number of rotatable bonds is 6. The first kappa shape index (κ1) is 15.3. The van der Waals surface area contributed by atoms with Crippen molar-refractivity contribution in [1.29, 1.82) is 0 Å². The summed E-state index contributed by atoms with van der Waals surface area (Å²) in [5.41, 5.74) is 2.05. The Hall–Kier alpha value is -2.05. The van der Waals surface area contributed by atoms with E-state index in [1.54, 1.807) is 29.1 Å². The Morgan fingerprint density at radius 1 is 1.52 bits per heavy atom. The lowest BCUT2D eigenvalue weighted by molar-refractivity contribution is 0.0601. The first-order chi connectivity index (χ1) is 10.1. The van der Waals surface area contributed by atoms with E-state index in [2.05, 4.69) is 15.2 Å². The van der Waals surface area contributed by atoms with Crippen LogP contribution in [-0.4, -0.2) is 34.6 Å². The van der Waals surface area contributed by atoms with E-state index in [-0.39, 0.29) is 6.61 Å². The maximum atomic E-state index is 11.6. The van der Waals surface area contributed by atoms with Crippen LogP contribution >= 0.6 is 11.6 Å². The van der Waals surface area contributed by atoms with Gasteiger partial charge in [0.25, 0.3) is 0 Å². The summed E-state index contributed by atoms with van der Waals surface area (Å²) in [5, 5.41) is 16.5. The average Bonchev–Trinajstić information content (AvgIpc) is 2.94. The van der Waals surface area contributed by atoms with Gasteiger partial charge in [0.15, 0.2) is 0 Å². The number of hydrogen-bond acceptors (Lipinski definition) is 5. The minimum absolute atomic E-state index is 0.0498. The van der Waals surface area contributed by atoms with Crippen LogP contribution in [0.2, 0.25) is 5.02 Å². The second kappa shape index (κ2) is 7.10. The van der Waals surface area contributed by atoms with Crippen LogP contribution in [0.5, 0.6) is 0 Å². The van der Waals surface area contributed by atoms with E-state index < -0.39 is 5.97 Å². The fraction of sp³-hybridized carbons (Fsp3) is 0.286. The Labute approximate surface area is 127 Å². The van der Waals surface area contributed by atoms with Gasteiger partial charge in [-0.15, -0.1) is 0 Å². The molecule has 2 rings (SSSR count). The van der Waals surface area contributed by atoms with Gasteiger partial charge in [0.05, 0.1) is 37.0 Å². The van der Waals surface area contributed by atoms with Gasteiger partial charge in [-0.25, -0.2) is 4.79 Å². The number of benzene rings is 1. The highest BCUT2D eigenvalue weighted by atomic mass is 35.5. The third-order valence-corrected chi connectivity index (χ3v) is 3.21. The number of hydrogen-bond donors (Lipinski definition) is 2. The van der Waals surface area contributed by atoms with Crippen molar-refractivity contribution in [3.63, 3.8) is 0 Å². The predicted molar refractivity (Wildman–Crippen MR) is 79.4 cm³/mol. The molecule has 1 heterocycles. The number of esters is 1. The van der Waals surface area contributed by atoms with Crippen LogP contribution < -0.4 is 5.32 Å². The SMILES string of the molecule is COC(=O)c1cc(NCc2cnn(CCO)c2)ccc1Cl. The molecule has 0 unspecified atom stereocenters. The van der Waals surface area contributed by atoms with E-state index in [9.17, 15) is 4.79 Å². The number of nitrogens with one attached hydrogen (secondary N) is 1. The molecule has 0 saturated carbocycles. The van der Waals surface area contributed by atoms with Gasteiger partial charge in [0.1, 0.15) is 0 Å². The number of nitrogens with zero attached hydrogens (tertiary/aromatic N) is 2. The van der Waals surface area contributed by atoms with Crippen LogP contribution in [0.4, 0.5) is 5.69 Å². The van der Waals surface area contributed by atoms with Crippen molar-refractivity contribution in [3.8, 4) is 0 Å². The molecule has 0 spiro atoms. The summed E-state index contributed by atoms with van der Waals surface area (Å²) in [7, 11) is 1.31. The molecule has 0 aliphatic carbocycles. The van der Waals surface area contributed by atoms with Crippen LogP contribution in [-0.2, 0) is 17.8 Å². The standard InChI is InChI=1S/C14H16ClN3O3/c1-21-14(20)12-6-11(2-3-13(12)15)16-7-10-8-17-18(9-10)4-5-19/h2-3,6,8-9,16,19H,4-5,7H2,1H3. The summed E-state index contributed by atoms with van der Waals surface area (Å²) in [6.45, 7) is 1.06. The third kappa shape index (κ3) is 3.96. The predicted octanol–water partition coefficient (Wildman–Crippen LogP) is 1.93. The van der Waals surface area contributed by atoms with Crippen LogP contribution in [0, 0.1) is 0 Å². The van der Waals surface area contributed by atoms with E-state index in [1.807, 2.05) is 6.20 Å². The normalized spacial score (nSPS) is 10.4. The van der Waals surface area contributed by atoms with Gasteiger partial charge in [0, 0.05) is 24.0 Å². The number of aromatic nitrogens is 2. The summed E-state index contributed by atoms with van der Waals surface area (Å²) in [6, 6.07) is 5.07. The number of methoxy groups -OCH3 is 1. The Kier molecular flexibility index (Phi) is 5.19. The molecule has 7 heteroatoms. The highest BCUT2D eigenvalue weighted by Crippen LogP contribution is 2.21. The highest BCUT2D eigenvalue weighted by Gasteiger charge is 2.11. The van der Waals surface area contributed by atoms with Crippen molar-refractivity contribution in [2.75, 3.05) is 19.0 Å². The number of halogens is 1. The lowest BCUT2D eigenvalue weighted by Gasteiger charge is -2.08. The molecule has 0 bridgehead atoms. The molecule has 6 nitrogen and oxygen atoms in total. The van der Waals surface area contributed by atoms with Crippen LogP contribution in [0.15, 0.2) is 30.6 Å². The molecule has 0 saturated heterocycles. The molecule has 2 aromatic rings. The first-order valence-corrected chi connectivity index (χ1v) is 6.75. The van der Waals surface area contributed by atoms with Crippen molar-refractivity contribution >= 4 is 23.3 Å². The molecular weight excluding hydrogens is 294 g/mol. The average molecular weight is 310 g/mol. The molecule has 2 N–H and O–H groups in total. The van der Waals surface area contributed by atoms with E-state index in [1.165, 1.54) is 7.11 Å². The molecule has 112 valence electrons. The van der Waals surface area contributed by atoms with Gasteiger partial charge in [0.2, 0.25) is 0 Å². The fourth-order valence-electron chi connectivity index (χ4n) is 1.83. The molecule has 1 aromatic carbocycles. The quantitative estimate of drug-likeness (QED) is 0.797. The lowest BCUT2D eigenvalue weighted by atomic mass is 10.2. The first-order valence-electron chi connectivity index (χ1n) is 6.38. The number of aliphatic hydroxyl groups is 1. The summed E-state index contributed by atoms with van der Waals surface area (Å²) >= 11 is 5.96. The molecule has 0 amide bonds.